The zero-order valence-corrected chi connectivity index (χ0v) is 9.50. The molecule has 0 radical (unpaired) electrons. The van der Waals surface area contributed by atoms with Crippen LogP contribution in [0.4, 0.5) is 5.69 Å². The zero-order chi connectivity index (χ0) is 10.7. The molecule has 0 spiro atoms. The predicted octanol–water partition coefficient (Wildman–Crippen LogP) is 2.88. The molecule has 1 atom stereocenters. The van der Waals surface area contributed by atoms with Crippen LogP contribution in [0.25, 0.3) is 0 Å². The van der Waals surface area contributed by atoms with Gasteiger partial charge in [0.25, 0.3) is 0 Å². The van der Waals surface area contributed by atoms with E-state index in [1.807, 2.05) is 24.3 Å². The molecule has 1 aromatic rings. The van der Waals surface area contributed by atoms with Crippen LogP contribution in [-0.2, 0) is 0 Å². The predicted molar refractivity (Wildman–Crippen MR) is 65.3 cm³/mol. The Bertz CT molecular complexity index is 323. The standard InChI is InChI=1S/C12H17ClN2/c13-10-5-2-6-11(7-10)15-12(8-14)9-3-1-4-9/h2,5-7,9,12,15H,1,3-4,8,14H2. The molecule has 0 aromatic heterocycles. The van der Waals surface area contributed by atoms with Crippen LogP contribution in [0.5, 0.6) is 0 Å². The van der Waals surface area contributed by atoms with Gasteiger partial charge in [-0.05, 0) is 37.0 Å². The van der Waals surface area contributed by atoms with Gasteiger partial charge in [0.05, 0.1) is 0 Å². The number of rotatable bonds is 4. The number of hydrogen-bond donors (Lipinski definition) is 2. The SMILES string of the molecule is NCC(Nc1cccc(Cl)c1)C1CCC1. The van der Waals surface area contributed by atoms with Gasteiger partial charge in [-0.2, -0.15) is 0 Å². The molecule has 1 saturated carbocycles. The van der Waals surface area contributed by atoms with Crippen molar-refractivity contribution < 1.29 is 0 Å². The second kappa shape index (κ2) is 4.86. The Labute approximate surface area is 95.8 Å². The van der Waals surface area contributed by atoms with E-state index in [0.29, 0.717) is 12.6 Å². The molecule has 0 saturated heterocycles. The van der Waals surface area contributed by atoms with E-state index in [-0.39, 0.29) is 0 Å². The van der Waals surface area contributed by atoms with E-state index in [1.54, 1.807) is 0 Å². The summed E-state index contributed by atoms with van der Waals surface area (Å²) in [5.41, 5.74) is 6.85. The van der Waals surface area contributed by atoms with Gasteiger partial charge in [-0.3, -0.25) is 0 Å². The number of nitrogens with two attached hydrogens (primary N) is 1. The molecule has 2 nitrogen and oxygen atoms in total. The van der Waals surface area contributed by atoms with E-state index in [0.717, 1.165) is 16.6 Å². The molecular formula is C12H17ClN2. The van der Waals surface area contributed by atoms with Crippen LogP contribution >= 0.6 is 11.6 Å². The first kappa shape index (κ1) is 10.8. The summed E-state index contributed by atoms with van der Waals surface area (Å²) in [6.45, 7) is 0.692. The Morgan fingerprint density at radius 2 is 2.27 bits per heavy atom. The monoisotopic (exact) mass is 224 g/mol. The quantitative estimate of drug-likeness (QED) is 0.826. The normalized spacial score (nSPS) is 18.3. The zero-order valence-electron chi connectivity index (χ0n) is 8.75. The number of anilines is 1. The van der Waals surface area contributed by atoms with E-state index < -0.39 is 0 Å². The molecule has 3 heteroatoms. The summed E-state index contributed by atoms with van der Waals surface area (Å²) in [5, 5.41) is 4.23. The topological polar surface area (TPSA) is 38.0 Å². The molecule has 15 heavy (non-hydrogen) atoms. The number of halogens is 1. The van der Waals surface area contributed by atoms with E-state index >= 15 is 0 Å². The van der Waals surface area contributed by atoms with E-state index in [4.69, 9.17) is 17.3 Å². The Kier molecular flexibility index (Phi) is 3.49. The van der Waals surface area contributed by atoms with Crippen LogP contribution in [0, 0.1) is 5.92 Å². The summed E-state index contributed by atoms with van der Waals surface area (Å²) in [6.07, 6.45) is 3.95. The molecule has 2 rings (SSSR count). The third-order valence-corrected chi connectivity index (χ3v) is 3.38. The molecule has 3 N–H and O–H groups in total. The fourth-order valence-electron chi connectivity index (χ4n) is 2.00. The van der Waals surface area contributed by atoms with Gasteiger partial charge in [0.15, 0.2) is 0 Å². The molecule has 0 bridgehead atoms. The summed E-state index contributed by atoms with van der Waals surface area (Å²) >= 11 is 5.93. The number of hydrogen-bond acceptors (Lipinski definition) is 2. The highest BCUT2D eigenvalue weighted by atomic mass is 35.5. The highest BCUT2D eigenvalue weighted by molar-refractivity contribution is 6.30. The maximum atomic E-state index is 5.93. The van der Waals surface area contributed by atoms with E-state index in [2.05, 4.69) is 5.32 Å². The van der Waals surface area contributed by atoms with Crippen LogP contribution in [0.15, 0.2) is 24.3 Å². The Balaban J connectivity index is 1.99. The van der Waals surface area contributed by atoms with Crippen molar-refractivity contribution >= 4 is 17.3 Å². The first-order valence-corrected chi connectivity index (χ1v) is 5.89. The van der Waals surface area contributed by atoms with Gasteiger partial charge in [-0.1, -0.05) is 24.1 Å². The van der Waals surface area contributed by atoms with Gasteiger partial charge in [0.2, 0.25) is 0 Å². The fourth-order valence-corrected chi connectivity index (χ4v) is 2.19. The summed E-state index contributed by atoms with van der Waals surface area (Å²) in [4.78, 5) is 0. The van der Waals surface area contributed by atoms with Crippen LogP contribution in [0.3, 0.4) is 0 Å². The van der Waals surface area contributed by atoms with Crippen molar-refractivity contribution in [3.05, 3.63) is 29.3 Å². The molecule has 1 aliphatic carbocycles. The summed E-state index contributed by atoms with van der Waals surface area (Å²) in [6, 6.07) is 8.22. The summed E-state index contributed by atoms with van der Waals surface area (Å²) in [7, 11) is 0. The lowest BCUT2D eigenvalue weighted by Crippen LogP contribution is -2.39. The first-order chi connectivity index (χ1) is 7.29. The minimum atomic E-state index is 0.400. The van der Waals surface area contributed by atoms with Gasteiger partial charge >= 0.3 is 0 Å². The Morgan fingerprint density at radius 1 is 1.47 bits per heavy atom. The second-order valence-electron chi connectivity index (χ2n) is 4.19. The van der Waals surface area contributed by atoms with Crippen molar-refractivity contribution in [2.24, 2.45) is 11.7 Å². The maximum absolute atomic E-state index is 5.93. The lowest BCUT2D eigenvalue weighted by Gasteiger charge is -2.34. The largest absolute Gasteiger partial charge is 0.381 e. The number of nitrogens with one attached hydrogen (secondary N) is 1. The van der Waals surface area contributed by atoms with Crippen LogP contribution < -0.4 is 11.1 Å². The molecule has 1 aromatic carbocycles. The van der Waals surface area contributed by atoms with Crippen LogP contribution in [-0.4, -0.2) is 12.6 Å². The fraction of sp³-hybridized carbons (Fsp3) is 0.500. The summed E-state index contributed by atoms with van der Waals surface area (Å²) < 4.78 is 0. The summed E-state index contributed by atoms with van der Waals surface area (Å²) in [5.74, 6) is 0.744. The van der Waals surface area contributed by atoms with Gasteiger partial charge in [0.1, 0.15) is 0 Å². The van der Waals surface area contributed by atoms with Crippen molar-refractivity contribution in [1.82, 2.24) is 0 Å². The Hall–Kier alpha value is -0.730. The van der Waals surface area contributed by atoms with E-state index in [9.17, 15) is 0 Å². The van der Waals surface area contributed by atoms with Crippen LogP contribution in [0.2, 0.25) is 5.02 Å². The van der Waals surface area contributed by atoms with E-state index in [1.165, 1.54) is 19.3 Å². The molecule has 0 amide bonds. The van der Waals surface area contributed by atoms with Gasteiger partial charge in [-0.15, -0.1) is 0 Å². The first-order valence-electron chi connectivity index (χ1n) is 5.52. The lowest BCUT2D eigenvalue weighted by atomic mass is 9.79. The minimum Gasteiger partial charge on any atom is -0.381 e. The van der Waals surface area contributed by atoms with Gasteiger partial charge in [0, 0.05) is 23.3 Å². The van der Waals surface area contributed by atoms with Crippen molar-refractivity contribution in [3.63, 3.8) is 0 Å². The molecule has 0 heterocycles. The Morgan fingerprint density at radius 3 is 2.80 bits per heavy atom. The highest BCUT2D eigenvalue weighted by Crippen LogP contribution is 2.31. The maximum Gasteiger partial charge on any atom is 0.0426 e. The average Bonchev–Trinajstić information content (AvgIpc) is 2.14. The van der Waals surface area contributed by atoms with Crippen molar-refractivity contribution in [3.8, 4) is 0 Å². The molecule has 1 unspecified atom stereocenters. The smallest absolute Gasteiger partial charge is 0.0426 e. The number of benzene rings is 1. The third-order valence-electron chi connectivity index (χ3n) is 3.15. The van der Waals surface area contributed by atoms with Gasteiger partial charge in [-0.25, -0.2) is 0 Å². The highest BCUT2D eigenvalue weighted by Gasteiger charge is 2.25. The van der Waals surface area contributed by atoms with Crippen LogP contribution in [0.1, 0.15) is 19.3 Å². The molecule has 0 aliphatic heterocycles. The third kappa shape index (κ3) is 2.64. The minimum absolute atomic E-state index is 0.400. The molecule has 82 valence electrons. The molecule has 1 aliphatic rings. The molecular weight excluding hydrogens is 208 g/mol. The average molecular weight is 225 g/mol. The van der Waals surface area contributed by atoms with Crippen molar-refractivity contribution in [1.29, 1.82) is 0 Å². The molecule has 1 fully saturated rings. The second-order valence-corrected chi connectivity index (χ2v) is 4.62. The lowest BCUT2D eigenvalue weighted by molar-refractivity contribution is 0.278. The van der Waals surface area contributed by atoms with Crippen molar-refractivity contribution in [2.75, 3.05) is 11.9 Å². The van der Waals surface area contributed by atoms with Crippen molar-refractivity contribution in [2.45, 2.75) is 25.3 Å². The van der Waals surface area contributed by atoms with Gasteiger partial charge < -0.3 is 11.1 Å².